The minimum absolute atomic E-state index is 0.0816. The van der Waals surface area contributed by atoms with Crippen molar-refractivity contribution in [1.29, 1.82) is 0 Å². The van der Waals surface area contributed by atoms with Gasteiger partial charge in [0.15, 0.2) is 0 Å². The molecule has 1 aliphatic heterocycles. The number of hydrogen-bond donors (Lipinski definition) is 5. The Morgan fingerprint density at radius 1 is 1.00 bits per heavy atom. The highest BCUT2D eigenvalue weighted by Gasteiger charge is 2.04. The van der Waals surface area contributed by atoms with Crippen LogP contribution in [0.15, 0.2) is 24.4 Å². The Morgan fingerprint density at radius 2 is 1.67 bits per heavy atom. The summed E-state index contributed by atoms with van der Waals surface area (Å²) in [7, 11) is 1.00. The van der Waals surface area contributed by atoms with Crippen LogP contribution in [0.2, 0.25) is 0 Å². The Kier molecular flexibility index (Phi) is 6.04. The first-order chi connectivity index (χ1) is 8.79. The summed E-state index contributed by atoms with van der Waals surface area (Å²) in [4.78, 5) is 2.82. The molecule has 1 aromatic carbocycles. The molecule has 0 unspecified atom stereocenters. The van der Waals surface area contributed by atoms with Crippen molar-refractivity contribution in [2.75, 3.05) is 20.2 Å². The van der Waals surface area contributed by atoms with Crippen molar-refractivity contribution in [2.24, 2.45) is 0 Å². The SMILES string of the molecule is C1CCNC1.CO.Oc1cccc2[nH]cc(O)c12. The fraction of sp³-hybridized carbons (Fsp3) is 0.385. The molecule has 5 nitrogen and oxygen atoms in total. The third kappa shape index (κ3) is 3.65. The molecule has 100 valence electrons. The van der Waals surface area contributed by atoms with Crippen LogP contribution in [-0.4, -0.2) is 40.5 Å². The highest BCUT2D eigenvalue weighted by Crippen LogP contribution is 2.31. The van der Waals surface area contributed by atoms with E-state index >= 15 is 0 Å². The second-order valence-corrected chi connectivity index (χ2v) is 3.83. The van der Waals surface area contributed by atoms with Crippen LogP contribution in [0.1, 0.15) is 12.8 Å². The van der Waals surface area contributed by atoms with Crippen LogP contribution in [0.3, 0.4) is 0 Å². The van der Waals surface area contributed by atoms with Crippen molar-refractivity contribution >= 4 is 10.9 Å². The van der Waals surface area contributed by atoms with Crippen molar-refractivity contribution in [2.45, 2.75) is 12.8 Å². The van der Waals surface area contributed by atoms with Crippen LogP contribution in [0.5, 0.6) is 11.5 Å². The number of benzene rings is 1. The molecule has 18 heavy (non-hydrogen) atoms. The van der Waals surface area contributed by atoms with Gasteiger partial charge in [-0.25, -0.2) is 0 Å². The number of phenols is 1. The van der Waals surface area contributed by atoms with Crippen molar-refractivity contribution in [3.8, 4) is 11.5 Å². The average Bonchev–Trinajstić information content (AvgIpc) is 3.06. The fourth-order valence-electron chi connectivity index (χ4n) is 1.77. The number of fused-ring (bicyclic) bond motifs is 1. The molecule has 3 rings (SSSR count). The van der Waals surface area contributed by atoms with Crippen LogP contribution >= 0.6 is 0 Å². The molecule has 0 bridgehead atoms. The molecular weight excluding hydrogens is 232 g/mol. The van der Waals surface area contributed by atoms with E-state index in [9.17, 15) is 10.2 Å². The number of rotatable bonds is 0. The molecule has 0 atom stereocenters. The van der Waals surface area contributed by atoms with E-state index in [1.807, 2.05) is 0 Å². The van der Waals surface area contributed by atoms with Crippen molar-refractivity contribution in [1.82, 2.24) is 10.3 Å². The van der Waals surface area contributed by atoms with Gasteiger partial charge >= 0.3 is 0 Å². The zero-order valence-corrected chi connectivity index (χ0v) is 10.5. The number of aromatic nitrogens is 1. The molecule has 1 fully saturated rings. The van der Waals surface area contributed by atoms with Gasteiger partial charge in [0.1, 0.15) is 11.5 Å². The van der Waals surface area contributed by atoms with E-state index in [-0.39, 0.29) is 11.5 Å². The summed E-state index contributed by atoms with van der Waals surface area (Å²) in [6.07, 6.45) is 4.23. The maximum Gasteiger partial charge on any atom is 0.144 e. The maximum absolute atomic E-state index is 9.26. The van der Waals surface area contributed by atoms with Crippen molar-refractivity contribution in [3.63, 3.8) is 0 Å². The number of hydrogen-bond acceptors (Lipinski definition) is 4. The Labute approximate surface area is 106 Å². The molecule has 0 saturated carbocycles. The lowest BCUT2D eigenvalue weighted by Gasteiger charge is -1.93. The van der Waals surface area contributed by atoms with E-state index in [1.165, 1.54) is 38.2 Å². The molecule has 2 aromatic rings. The first-order valence-electron chi connectivity index (χ1n) is 5.92. The Hall–Kier alpha value is -1.72. The lowest BCUT2D eigenvalue weighted by atomic mass is 10.2. The highest BCUT2D eigenvalue weighted by atomic mass is 16.3. The number of aromatic hydroxyl groups is 2. The molecule has 0 spiro atoms. The Morgan fingerprint density at radius 3 is 2.17 bits per heavy atom. The van der Waals surface area contributed by atoms with Gasteiger partial charge in [0.05, 0.1) is 10.9 Å². The van der Waals surface area contributed by atoms with E-state index in [0.717, 1.165) is 12.6 Å². The summed E-state index contributed by atoms with van der Waals surface area (Å²) in [5, 5.41) is 29.2. The predicted octanol–water partition coefficient (Wildman–Crippen LogP) is 1.56. The number of nitrogens with one attached hydrogen (secondary N) is 2. The molecule has 2 heterocycles. The first kappa shape index (κ1) is 14.3. The predicted molar refractivity (Wildman–Crippen MR) is 71.9 cm³/mol. The zero-order chi connectivity index (χ0) is 13.4. The topological polar surface area (TPSA) is 88.5 Å². The number of aromatic amines is 1. The van der Waals surface area contributed by atoms with Gasteiger partial charge in [-0.05, 0) is 38.1 Å². The van der Waals surface area contributed by atoms with Gasteiger partial charge in [-0.3, -0.25) is 0 Å². The smallest absolute Gasteiger partial charge is 0.144 e. The molecule has 1 aliphatic rings. The van der Waals surface area contributed by atoms with Crippen molar-refractivity contribution in [3.05, 3.63) is 24.4 Å². The summed E-state index contributed by atoms with van der Waals surface area (Å²) in [6.45, 7) is 2.50. The third-order valence-electron chi connectivity index (χ3n) is 2.62. The van der Waals surface area contributed by atoms with Gasteiger partial charge in [0.25, 0.3) is 0 Å². The van der Waals surface area contributed by atoms with Gasteiger partial charge in [-0.1, -0.05) is 6.07 Å². The number of aliphatic hydroxyl groups is 1. The van der Waals surface area contributed by atoms with Crippen LogP contribution < -0.4 is 5.32 Å². The maximum atomic E-state index is 9.26. The lowest BCUT2D eigenvalue weighted by Crippen LogP contribution is -2.03. The molecule has 1 saturated heterocycles. The molecule has 5 N–H and O–H groups in total. The molecular formula is C13H20N2O3. The van der Waals surface area contributed by atoms with Crippen LogP contribution in [-0.2, 0) is 0 Å². The van der Waals surface area contributed by atoms with Crippen LogP contribution in [0, 0.1) is 0 Å². The number of aliphatic hydroxyl groups excluding tert-OH is 1. The van der Waals surface area contributed by atoms with Gasteiger partial charge in [0, 0.05) is 13.3 Å². The molecule has 5 heteroatoms. The van der Waals surface area contributed by atoms with E-state index in [0.29, 0.717) is 5.39 Å². The van der Waals surface area contributed by atoms with Crippen molar-refractivity contribution < 1.29 is 15.3 Å². The second-order valence-electron chi connectivity index (χ2n) is 3.83. The van der Waals surface area contributed by atoms with Gasteiger partial charge in [-0.15, -0.1) is 0 Å². The number of phenolic OH excluding ortho intramolecular Hbond substituents is 1. The van der Waals surface area contributed by atoms with Gasteiger partial charge < -0.3 is 25.6 Å². The summed E-state index contributed by atoms with van der Waals surface area (Å²) >= 11 is 0. The van der Waals surface area contributed by atoms with E-state index in [1.54, 1.807) is 12.1 Å². The quantitative estimate of drug-likeness (QED) is 0.492. The lowest BCUT2D eigenvalue weighted by molar-refractivity contribution is 0.399. The number of H-pyrrole nitrogens is 1. The van der Waals surface area contributed by atoms with E-state index < -0.39 is 0 Å². The summed E-state index contributed by atoms with van der Waals surface area (Å²) in [5.74, 6) is 0.180. The highest BCUT2D eigenvalue weighted by molar-refractivity contribution is 5.91. The van der Waals surface area contributed by atoms with Gasteiger partial charge in [-0.2, -0.15) is 0 Å². The fourth-order valence-corrected chi connectivity index (χ4v) is 1.77. The monoisotopic (exact) mass is 252 g/mol. The third-order valence-corrected chi connectivity index (χ3v) is 2.62. The summed E-state index contributed by atoms with van der Waals surface area (Å²) in [5.41, 5.74) is 0.738. The van der Waals surface area contributed by atoms with Crippen LogP contribution in [0.4, 0.5) is 0 Å². The van der Waals surface area contributed by atoms with E-state index in [4.69, 9.17) is 5.11 Å². The first-order valence-corrected chi connectivity index (χ1v) is 5.92. The summed E-state index contributed by atoms with van der Waals surface area (Å²) in [6, 6.07) is 5.04. The second kappa shape index (κ2) is 7.58. The molecule has 0 radical (unpaired) electrons. The van der Waals surface area contributed by atoms with E-state index in [2.05, 4.69) is 10.3 Å². The molecule has 1 aromatic heterocycles. The largest absolute Gasteiger partial charge is 0.507 e. The van der Waals surface area contributed by atoms with Crippen LogP contribution in [0.25, 0.3) is 10.9 Å². The standard InChI is InChI=1S/C8H7NO2.C4H9N.CH4O/c10-6-3-1-2-5-8(6)7(11)4-9-5;1-2-4-5-3-1;1-2/h1-4,9-11H;5H,1-4H2;2H,1H3. The van der Waals surface area contributed by atoms with Gasteiger partial charge in [0.2, 0.25) is 0 Å². The minimum Gasteiger partial charge on any atom is -0.507 e. The normalized spacial score (nSPS) is 13.4. The molecule has 0 aliphatic carbocycles. The zero-order valence-electron chi connectivity index (χ0n) is 10.5. The Balaban J connectivity index is 0.000000195. The minimum atomic E-state index is 0.0816. The Bertz CT molecular complexity index is 457. The molecule has 0 amide bonds. The average molecular weight is 252 g/mol. The summed E-state index contributed by atoms with van der Waals surface area (Å²) < 4.78 is 0.